The van der Waals surface area contributed by atoms with Gasteiger partial charge in [0.1, 0.15) is 6.17 Å². The van der Waals surface area contributed by atoms with Crippen molar-refractivity contribution in [1.82, 2.24) is 14.8 Å². The number of nitrogens with one attached hydrogen (secondary N) is 2. The molecule has 5 heteroatoms. The molecule has 3 saturated carbocycles. The van der Waals surface area contributed by atoms with Crippen LogP contribution in [0.15, 0.2) is 48.5 Å². The van der Waals surface area contributed by atoms with Crippen molar-refractivity contribution in [2.75, 3.05) is 25.0 Å². The summed E-state index contributed by atoms with van der Waals surface area (Å²) in [7, 11) is 0. The summed E-state index contributed by atoms with van der Waals surface area (Å²) in [6.45, 7) is 6.47. The number of hydrogen-bond donors (Lipinski definition) is 2. The lowest BCUT2D eigenvalue weighted by atomic mass is 9.48. The summed E-state index contributed by atoms with van der Waals surface area (Å²) in [5.74, 6) is 0.964. The first-order valence-electron chi connectivity index (χ1n) is 13.1. The van der Waals surface area contributed by atoms with Gasteiger partial charge in [-0.25, -0.2) is 4.39 Å². The molecule has 4 fully saturated rings. The second-order valence-corrected chi connectivity index (χ2v) is 11.6. The number of para-hydroxylation sites is 1. The van der Waals surface area contributed by atoms with Crippen LogP contribution in [0, 0.1) is 5.92 Å². The Kier molecular flexibility index (Phi) is 4.66. The Morgan fingerprint density at radius 3 is 2.50 bits per heavy atom. The lowest BCUT2D eigenvalue weighted by molar-refractivity contribution is -0.174. The number of benzene rings is 2. The molecular weight excluding hydrogens is 423 g/mol. The van der Waals surface area contributed by atoms with Crippen LogP contribution in [0.4, 0.5) is 10.1 Å². The maximum Gasteiger partial charge on any atom is 0.110 e. The lowest BCUT2D eigenvalue weighted by Gasteiger charge is -2.70. The Morgan fingerprint density at radius 2 is 1.82 bits per heavy atom. The number of alkyl halides is 1. The normalized spacial score (nSPS) is 31.9. The van der Waals surface area contributed by atoms with Gasteiger partial charge in [0.2, 0.25) is 0 Å². The number of hydrogen-bond acceptors (Lipinski definition) is 3. The minimum atomic E-state index is -0.753. The molecule has 1 aromatic heterocycles. The van der Waals surface area contributed by atoms with E-state index in [0.29, 0.717) is 24.2 Å². The number of aromatic nitrogens is 1. The van der Waals surface area contributed by atoms with E-state index < -0.39 is 6.17 Å². The summed E-state index contributed by atoms with van der Waals surface area (Å²) in [5.41, 5.74) is 7.13. The van der Waals surface area contributed by atoms with Gasteiger partial charge in [0.15, 0.2) is 0 Å². The van der Waals surface area contributed by atoms with Gasteiger partial charge in [-0.2, -0.15) is 0 Å². The molecule has 2 aliphatic heterocycles. The van der Waals surface area contributed by atoms with Crippen molar-refractivity contribution in [3.8, 4) is 0 Å². The zero-order valence-corrected chi connectivity index (χ0v) is 20.2. The van der Waals surface area contributed by atoms with Gasteiger partial charge in [-0.1, -0.05) is 30.3 Å². The molecule has 0 spiro atoms. The molecule has 0 unspecified atom stereocenters. The molecule has 1 saturated heterocycles. The first-order valence-corrected chi connectivity index (χ1v) is 13.1. The average molecular weight is 459 g/mol. The molecule has 3 aliphatic carbocycles. The Hall–Kier alpha value is -2.37. The lowest BCUT2D eigenvalue weighted by Crippen LogP contribution is -2.71. The summed E-state index contributed by atoms with van der Waals surface area (Å²) in [4.78, 5) is 8.89. The first-order chi connectivity index (χ1) is 16.5. The minimum Gasteiger partial charge on any atom is -0.380 e. The number of likely N-dealkylation sites (tertiary alicyclic amines) is 1. The number of anilines is 1. The van der Waals surface area contributed by atoms with E-state index in [1.165, 1.54) is 52.7 Å². The van der Waals surface area contributed by atoms with Gasteiger partial charge in [-0.05, 0) is 74.8 Å². The minimum absolute atomic E-state index is 0.284. The number of halogens is 1. The molecule has 2 bridgehead atoms. The smallest absolute Gasteiger partial charge is 0.110 e. The van der Waals surface area contributed by atoms with Crippen molar-refractivity contribution in [3.05, 3.63) is 65.4 Å². The second-order valence-electron chi connectivity index (χ2n) is 11.6. The van der Waals surface area contributed by atoms with Crippen molar-refractivity contribution in [2.45, 2.75) is 69.4 Å². The number of fused-ring (bicyclic) bond motifs is 3. The Balaban J connectivity index is 1.19. The molecule has 5 aliphatic rings. The van der Waals surface area contributed by atoms with E-state index in [1.54, 1.807) is 6.92 Å². The first kappa shape index (κ1) is 21.0. The maximum absolute atomic E-state index is 13.2. The maximum atomic E-state index is 13.2. The van der Waals surface area contributed by atoms with Crippen molar-refractivity contribution in [1.29, 1.82) is 0 Å². The fraction of sp³-hybridized carbons (Fsp3) is 0.517. The predicted molar refractivity (Wildman–Crippen MR) is 136 cm³/mol. The number of nitrogens with zero attached hydrogens (tertiary/aromatic N) is 2. The molecule has 3 atom stereocenters. The van der Waals surface area contributed by atoms with Crippen molar-refractivity contribution >= 4 is 16.6 Å². The Bertz CT molecular complexity index is 1190. The van der Waals surface area contributed by atoms with Gasteiger partial charge < -0.3 is 10.3 Å². The van der Waals surface area contributed by atoms with E-state index in [1.807, 2.05) is 0 Å². The zero-order valence-electron chi connectivity index (χ0n) is 20.2. The fourth-order valence-corrected chi connectivity index (χ4v) is 7.44. The highest BCUT2D eigenvalue weighted by Gasteiger charge is 2.63. The van der Waals surface area contributed by atoms with Crippen molar-refractivity contribution in [2.24, 2.45) is 5.92 Å². The molecule has 34 heavy (non-hydrogen) atoms. The molecule has 8 rings (SSSR count). The number of aromatic amines is 1. The highest BCUT2D eigenvalue weighted by Crippen LogP contribution is 2.64. The Labute approximate surface area is 201 Å². The summed E-state index contributed by atoms with van der Waals surface area (Å²) < 4.78 is 13.2. The average Bonchev–Trinajstić information content (AvgIpc) is 3.09. The molecule has 2 aromatic carbocycles. The van der Waals surface area contributed by atoms with Gasteiger partial charge >= 0.3 is 0 Å². The van der Waals surface area contributed by atoms with Gasteiger partial charge in [0, 0.05) is 53.5 Å². The number of rotatable bonds is 6. The van der Waals surface area contributed by atoms with Gasteiger partial charge in [0.05, 0.1) is 12.1 Å². The van der Waals surface area contributed by atoms with Crippen LogP contribution in [0.3, 0.4) is 0 Å². The summed E-state index contributed by atoms with van der Waals surface area (Å²) in [5, 5.41) is 5.04. The molecule has 0 amide bonds. The fourth-order valence-electron chi connectivity index (χ4n) is 7.44. The number of H-pyrrole nitrogens is 1. The van der Waals surface area contributed by atoms with Crippen LogP contribution in [-0.4, -0.2) is 58.2 Å². The molecule has 4 nitrogen and oxygen atoms in total. The third kappa shape index (κ3) is 3.16. The van der Waals surface area contributed by atoms with Crippen molar-refractivity contribution < 1.29 is 4.39 Å². The third-order valence-corrected chi connectivity index (χ3v) is 8.99. The van der Waals surface area contributed by atoms with Gasteiger partial charge in [-0.3, -0.25) is 9.80 Å². The van der Waals surface area contributed by atoms with E-state index in [-0.39, 0.29) is 6.04 Å². The molecule has 178 valence electrons. The van der Waals surface area contributed by atoms with E-state index >= 15 is 0 Å². The van der Waals surface area contributed by atoms with Crippen LogP contribution in [0.1, 0.15) is 56.0 Å². The Morgan fingerprint density at radius 1 is 1.09 bits per heavy atom. The van der Waals surface area contributed by atoms with Gasteiger partial charge in [-0.15, -0.1) is 0 Å². The quantitative estimate of drug-likeness (QED) is 0.511. The molecule has 0 radical (unpaired) electrons. The second kappa shape index (κ2) is 7.56. The molecule has 3 heterocycles. The topological polar surface area (TPSA) is 34.3 Å². The van der Waals surface area contributed by atoms with E-state index in [4.69, 9.17) is 0 Å². The highest BCUT2D eigenvalue weighted by molar-refractivity contribution is 5.85. The van der Waals surface area contributed by atoms with Crippen LogP contribution in [-0.2, 0) is 6.42 Å². The van der Waals surface area contributed by atoms with Crippen LogP contribution >= 0.6 is 0 Å². The molecule has 2 N–H and O–H groups in total. The monoisotopic (exact) mass is 458 g/mol. The SMILES string of the molecule is C[C@H](F)CN1CC(Nc2ccc([C@@H]3c4[nH]c5ccccc5c4C[C@@H](C)N3C34CC(C3)C4)cc2)C1. The standard InChI is InChI=1S/C29H35FN4/c1-18(30)15-33-16-23(17-33)31-22-9-7-21(8-10-22)28-27-25(24-5-3-4-6-26(24)32-27)11-19(2)34(28)29-12-20(13-29)14-29/h3-10,18-20,23,28,31-32H,11-17H2,1-2H3/t18-,19+,20?,28+,29?/m0/s1. The zero-order chi connectivity index (χ0) is 23.0. The van der Waals surface area contributed by atoms with Crippen LogP contribution in [0.2, 0.25) is 0 Å². The summed E-state index contributed by atoms with van der Waals surface area (Å²) >= 11 is 0. The van der Waals surface area contributed by atoms with Crippen molar-refractivity contribution in [3.63, 3.8) is 0 Å². The third-order valence-electron chi connectivity index (χ3n) is 8.99. The largest absolute Gasteiger partial charge is 0.380 e. The van der Waals surface area contributed by atoms with Crippen LogP contribution in [0.25, 0.3) is 10.9 Å². The molecular formula is C29H35FN4. The van der Waals surface area contributed by atoms with E-state index in [0.717, 1.165) is 25.4 Å². The van der Waals surface area contributed by atoms with Gasteiger partial charge in [0.25, 0.3) is 0 Å². The highest BCUT2D eigenvalue weighted by atomic mass is 19.1. The predicted octanol–water partition coefficient (Wildman–Crippen LogP) is 5.51. The van der Waals surface area contributed by atoms with E-state index in [2.05, 4.69) is 75.6 Å². The van der Waals surface area contributed by atoms with E-state index in [9.17, 15) is 4.39 Å². The molecule has 3 aromatic rings. The van der Waals surface area contributed by atoms with Crippen LogP contribution in [0.5, 0.6) is 0 Å². The van der Waals surface area contributed by atoms with Crippen LogP contribution < -0.4 is 5.32 Å². The summed E-state index contributed by atoms with van der Waals surface area (Å²) in [6.07, 6.45) is 4.49. The summed E-state index contributed by atoms with van der Waals surface area (Å²) in [6, 6.07) is 19.2.